The number of aromatic carboxylic acids is 1. The molecule has 0 saturated heterocycles. The van der Waals surface area contributed by atoms with E-state index in [0.717, 1.165) is 0 Å². The van der Waals surface area contributed by atoms with E-state index < -0.39 is 18.0 Å². The van der Waals surface area contributed by atoms with Crippen molar-refractivity contribution in [3.8, 4) is 17.2 Å². The third kappa shape index (κ3) is 4.17. The van der Waals surface area contributed by atoms with Crippen LogP contribution in [0, 0.1) is 0 Å². The number of carbonyl (C=O) groups excluding carboxylic acids is 1. The molecule has 2 rings (SSSR count). The molecule has 1 unspecified atom stereocenters. The molecular formula is C17H15ClO6. The molecule has 0 radical (unpaired) electrons. The lowest BCUT2D eigenvalue weighted by atomic mass is 10.2. The number of carboxylic acid groups (broad SMARTS) is 1. The van der Waals surface area contributed by atoms with Crippen molar-refractivity contribution < 1.29 is 28.9 Å². The second-order valence-corrected chi connectivity index (χ2v) is 5.21. The maximum Gasteiger partial charge on any atom is 0.352 e. The van der Waals surface area contributed by atoms with Crippen LogP contribution in [-0.2, 0) is 4.79 Å². The van der Waals surface area contributed by atoms with Crippen LogP contribution in [0.15, 0.2) is 42.5 Å². The second-order valence-electron chi connectivity index (χ2n) is 4.78. The van der Waals surface area contributed by atoms with Gasteiger partial charge in [-0.3, -0.25) is 0 Å². The first-order valence-electron chi connectivity index (χ1n) is 6.96. The number of halogens is 1. The number of rotatable bonds is 6. The van der Waals surface area contributed by atoms with Gasteiger partial charge in [-0.1, -0.05) is 23.7 Å². The van der Waals surface area contributed by atoms with Gasteiger partial charge >= 0.3 is 11.9 Å². The van der Waals surface area contributed by atoms with Crippen molar-refractivity contribution in [1.82, 2.24) is 0 Å². The molecule has 2 aromatic carbocycles. The minimum absolute atomic E-state index is 0.104. The molecular weight excluding hydrogens is 336 g/mol. The van der Waals surface area contributed by atoms with Gasteiger partial charge < -0.3 is 19.3 Å². The van der Waals surface area contributed by atoms with Crippen molar-refractivity contribution in [3.63, 3.8) is 0 Å². The summed E-state index contributed by atoms with van der Waals surface area (Å²) < 4.78 is 15.8. The van der Waals surface area contributed by atoms with Gasteiger partial charge in [-0.2, -0.15) is 0 Å². The van der Waals surface area contributed by atoms with Gasteiger partial charge in [0.25, 0.3) is 0 Å². The first kappa shape index (κ1) is 17.6. The van der Waals surface area contributed by atoms with E-state index in [9.17, 15) is 9.59 Å². The van der Waals surface area contributed by atoms with Crippen molar-refractivity contribution >= 4 is 23.5 Å². The van der Waals surface area contributed by atoms with Gasteiger partial charge in [0.1, 0.15) is 11.3 Å². The lowest BCUT2D eigenvalue weighted by Crippen LogP contribution is -2.29. The van der Waals surface area contributed by atoms with Crippen LogP contribution in [0.3, 0.4) is 0 Å². The fourth-order valence-corrected chi connectivity index (χ4v) is 2.08. The van der Waals surface area contributed by atoms with E-state index in [2.05, 4.69) is 0 Å². The Morgan fingerprint density at radius 3 is 2.38 bits per heavy atom. The minimum atomic E-state index is -1.25. The zero-order valence-corrected chi connectivity index (χ0v) is 13.7. The Morgan fingerprint density at radius 2 is 1.75 bits per heavy atom. The Hall–Kier alpha value is -2.73. The summed E-state index contributed by atoms with van der Waals surface area (Å²) in [5.74, 6) is -1.26. The Morgan fingerprint density at radius 1 is 1.08 bits per heavy atom. The van der Waals surface area contributed by atoms with Crippen LogP contribution in [0.2, 0.25) is 5.02 Å². The number of benzene rings is 2. The summed E-state index contributed by atoms with van der Waals surface area (Å²) in [6, 6.07) is 10.8. The third-order valence-corrected chi connectivity index (χ3v) is 3.32. The summed E-state index contributed by atoms with van der Waals surface area (Å²) in [5.41, 5.74) is -0.208. The monoisotopic (exact) mass is 350 g/mol. The van der Waals surface area contributed by atoms with Crippen LogP contribution in [0.1, 0.15) is 17.3 Å². The molecule has 7 heteroatoms. The smallest absolute Gasteiger partial charge is 0.352 e. The van der Waals surface area contributed by atoms with Crippen molar-refractivity contribution in [2.75, 3.05) is 7.11 Å². The molecule has 1 atom stereocenters. The summed E-state index contributed by atoms with van der Waals surface area (Å²) in [6.07, 6.45) is -0.973. The van der Waals surface area contributed by atoms with Crippen LogP contribution in [0.5, 0.6) is 17.2 Å². The predicted octanol–water partition coefficient (Wildman–Crippen LogP) is 3.42. The summed E-state index contributed by atoms with van der Waals surface area (Å²) in [7, 11) is 1.48. The normalized spacial score (nSPS) is 11.5. The van der Waals surface area contributed by atoms with Crippen molar-refractivity contribution in [2.24, 2.45) is 0 Å². The number of carboxylic acids is 1. The van der Waals surface area contributed by atoms with Gasteiger partial charge in [0.05, 0.1) is 7.11 Å². The fourth-order valence-electron chi connectivity index (χ4n) is 1.90. The molecule has 0 fully saturated rings. The summed E-state index contributed by atoms with van der Waals surface area (Å²) in [4.78, 5) is 23.4. The number of para-hydroxylation sites is 2. The maximum atomic E-state index is 12.2. The fraction of sp³-hybridized carbons (Fsp3) is 0.176. The highest BCUT2D eigenvalue weighted by molar-refractivity contribution is 6.31. The van der Waals surface area contributed by atoms with E-state index in [4.69, 9.17) is 30.9 Å². The van der Waals surface area contributed by atoms with Crippen LogP contribution < -0.4 is 14.2 Å². The molecule has 0 aliphatic rings. The van der Waals surface area contributed by atoms with E-state index in [1.54, 1.807) is 24.3 Å². The number of ether oxygens (including phenoxy) is 3. The molecule has 2 aromatic rings. The molecule has 0 saturated carbocycles. The number of hydrogen-bond acceptors (Lipinski definition) is 5. The van der Waals surface area contributed by atoms with Gasteiger partial charge in [-0.05, 0) is 37.3 Å². The summed E-state index contributed by atoms with van der Waals surface area (Å²) in [5, 5.41) is 9.37. The van der Waals surface area contributed by atoms with Crippen LogP contribution in [-0.4, -0.2) is 30.3 Å². The number of methoxy groups -OCH3 is 1. The molecule has 1 N–H and O–H groups in total. The highest BCUT2D eigenvalue weighted by Crippen LogP contribution is 2.28. The van der Waals surface area contributed by atoms with E-state index in [-0.39, 0.29) is 16.3 Å². The highest BCUT2D eigenvalue weighted by atomic mass is 35.5. The molecule has 0 amide bonds. The zero-order valence-electron chi connectivity index (χ0n) is 13.0. The second kappa shape index (κ2) is 7.70. The molecule has 24 heavy (non-hydrogen) atoms. The van der Waals surface area contributed by atoms with E-state index in [1.807, 2.05) is 0 Å². The largest absolute Gasteiger partial charge is 0.493 e. The minimum Gasteiger partial charge on any atom is -0.493 e. The average molecular weight is 351 g/mol. The number of esters is 1. The Bertz CT molecular complexity index is 758. The van der Waals surface area contributed by atoms with Crippen LogP contribution in [0.4, 0.5) is 0 Å². The van der Waals surface area contributed by atoms with Crippen LogP contribution in [0.25, 0.3) is 0 Å². The Balaban J connectivity index is 2.14. The van der Waals surface area contributed by atoms with E-state index >= 15 is 0 Å². The molecule has 0 aliphatic heterocycles. The number of hydrogen-bond donors (Lipinski definition) is 1. The number of carbonyl (C=O) groups is 2. The first-order valence-corrected chi connectivity index (χ1v) is 7.34. The topological polar surface area (TPSA) is 82.1 Å². The lowest BCUT2D eigenvalue weighted by molar-refractivity contribution is -0.141. The van der Waals surface area contributed by atoms with E-state index in [0.29, 0.717) is 11.5 Å². The zero-order chi connectivity index (χ0) is 17.7. The SMILES string of the molecule is COc1ccccc1OC(C)C(=O)Oc1ccc(Cl)cc1C(=O)O. The van der Waals surface area contributed by atoms with Crippen molar-refractivity contribution in [1.29, 1.82) is 0 Å². The first-order chi connectivity index (χ1) is 11.4. The Kier molecular flexibility index (Phi) is 5.65. The third-order valence-electron chi connectivity index (χ3n) is 3.09. The molecule has 126 valence electrons. The van der Waals surface area contributed by atoms with Gasteiger partial charge in [0.2, 0.25) is 0 Å². The summed E-state index contributed by atoms with van der Waals surface area (Å²) in [6.45, 7) is 1.49. The van der Waals surface area contributed by atoms with Crippen molar-refractivity contribution in [3.05, 3.63) is 53.1 Å². The molecule has 0 aromatic heterocycles. The van der Waals surface area contributed by atoms with Gasteiger partial charge in [0, 0.05) is 5.02 Å². The van der Waals surface area contributed by atoms with E-state index in [1.165, 1.54) is 32.2 Å². The van der Waals surface area contributed by atoms with Gasteiger partial charge in [0.15, 0.2) is 17.6 Å². The maximum absolute atomic E-state index is 12.2. The quantitative estimate of drug-likeness (QED) is 0.635. The standard InChI is InChI=1S/C17H15ClO6/c1-10(23-15-6-4-3-5-14(15)22-2)17(21)24-13-8-7-11(18)9-12(13)16(19)20/h3-10H,1-2H3,(H,19,20). The van der Waals surface area contributed by atoms with Crippen molar-refractivity contribution in [2.45, 2.75) is 13.0 Å². The van der Waals surface area contributed by atoms with Crippen LogP contribution >= 0.6 is 11.6 Å². The van der Waals surface area contributed by atoms with Gasteiger partial charge in [-0.25, -0.2) is 9.59 Å². The summed E-state index contributed by atoms with van der Waals surface area (Å²) >= 11 is 5.76. The molecule has 0 spiro atoms. The molecule has 0 aliphatic carbocycles. The molecule has 0 bridgehead atoms. The van der Waals surface area contributed by atoms with Gasteiger partial charge in [-0.15, -0.1) is 0 Å². The highest BCUT2D eigenvalue weighted by Gasteiger charge is 2.22. The molecule has 6 nitrogen and oxygen atoms in total. The Labute approximate surface area is 143 Å². The average Bonchev–Trinajstić information content (AvgIpc) is 2.56. The molecule has 0 heterocycles. The predicted molar refractivity (Wildman–Crippen MR) is 87.1 cm³/mol. The lowest BCUT2D eigenvalue weighted by Gasteiger charge is -2.16.